The van der Waals surface area contributed by atoms with Gasteiger partial charge in [0.15, 0.2) is 0 Å². The number of aromatic amines is 1. The van der Waals surface area contributed by atoms with Crippen LogP contribution >= 0.6 is 0 Å². The predicted octanol–water partition coefficient (Wildman–Crippen LogP) is 3.66. The fourth-order valence-electron chi connectivity index (χ4n) is 3.02. The molecule has 1 N–H and O–H groups in total. The first kappa shape index (κ1) is 12.3. The molecule has 1 aromatic carbocycles. The van der Waals surface area contributed by atoms with Gasteiger partial charge in [-0.2, -0.15) is 0 Å². The summed E-state index contributed by atoms with van der Waals surface area (Å²) in [5.41, 5.74) is 3.03. The maximum absolute atomic E-state index is 12.4. The van der Waals surface area contributed by atoms with Crippen LogP contribution in [0.2, 0.25) is 0 Å². The highest BCUT2D eigenvalue weighted by Gasteiger charge is 2.20. The third kappa shape index (κ3) is 2.25. The zero-order chi connectivity index (χ0) is 13.2. The second kappa shape index (κ2) is 5.08. The summed E-state index contributed by atoms with van der Waals surface area (Å²) in [6, 6.07) is 10.5. The molecule has 1 saturated carbocycles. The van der Waals surface area contributed by atoms with Gasteiger partial charge in [-0.25, -0.2) is 4.68 Å². The summed E-state index contributed by atoms with van der Waals surface area (Å²) in [6.45, 7) is 1.92. The Bertz CT molecular complexity index is 603. The van der Waals surface area contributed by atoms with Gasteiger partial charge in [0, 0.05) is 5.56 Å². The lowest BCUT2D eigenvalue weighted by Crippen LogP contribution is -2.25. The van der Waals surface area contributed by atoms with Crippen molar-refractivity contribution in [2.24, 2.45) is 0 Å². The first-order valence-corrected chi connectivity index (χ1v) is 7.14. The maximum atomic E-state index is 12.4. The van der Waals surface area contributed by atoms with Gasteiger partial charge in [-0.3, -0.25) is 9.89 Å². The van der Waals surface area contributed by atoms with Crippen molar-refractivity contribution in [2.45, 2.75) is 45.1 Å². The first-order valence-electron chi connectivity index (χ1n) is 7.14. The summed E-state index contributed by atoms with van der Waals surface area (Å²) in [4.78, 5) is 12.4. The van der Waals surface area contributed by atoms with E-state index in [1.807, 2.05) is 41.9 Å². The molecule has 2 aromatic rings. The van der Waals surface area contributed by atoms with Crippen molar-refractivity contribution in [3.05, 3.63) is 46.2 Å². The number of benzene rings is 1. The fourth-order valence-corrected chi connectivity index (χ4v) is 3.02. The molecular weight excluding hydrogens is 236 g/mol. The van der Waals surface area contributed by atoms with Crippen LogP contribution in [0.15, 0.2) is 35.1 Å². The number of hydrogen-bond donors (Lipinski definition) is 1. The van der Waals surface area contributed by atoms with Gasteiger partial charge < -0.3 is 0 Å². The van der Waals surface area contributed by atoms with E-state index in [1.165, 1.54) is 19.3 Å². The number of nitrogens with zero attached hydrogens (tertiary/aromatic N) is 1. The van der Waals surface area contributed by atoms with E-state index in [-0.39, 0.29) is 5.56 Å². The molecule has 0 atom stereocenters. The van der Waals surface area contributed by atoms with Gasteiger partial charge >= 0.3 is 0 Å². The summed E-state index contributed by atoms with van der Waals surface area (Å²) >= 11 is 0. The first-order chi connectivity index (χ1) is 9.27. The molecule has 0 saturated heterocycles. The average Bonchev–Trinajstić information content (AvgIpc) is 2.77. The highest BCUT2D eigenvalue weighted by molar-refractivity contribution is 5.62. The quantitative estimate of drug-likeness (QED) is 0.875. The number of hydrogen-bond acceptors (Lipinski definition) is 1. The topological polar surface area (TPSA) is 37.8 Å². The molecule has 1 aliphatic rings. The van der Waals surface area contributed by atoms with Gasteiger partial charge in [0.25, 0.3) is 5.56 Å². The van der Waals surface area contributed by atoms with Crippen molar-refractivity contribution in [3.8, 4) is 11.3 Å². The number of H-pyrrole nitrogens is 1. The normalized spacial score (nSPS) is 16.7. The average molecular weight is 256 g/mol. The lowest BCUT2D eigenvalue weighted by molar-refractivity contribution is 0.323. The zero-order valence-electron chi connectivity index (χ0n) is 11.4. The van der Waals surface area contributed by atoms with Crippen LogP contribution < -0.4 is 5.56 Å². The smallest absolute Gasteiger partial charge is 0.270 e. The molecule has 1 fully saturated rings. The van der Waals surface area contributed by atoms with Gasteiger partial charge in [0.1, 0.15) is 0 Å². The summed E-state index contributed by atoms with van der Waals surface area (Å²) < 4.78 is 1.86. The largest absolute Gasteiger partial charge is 0.294 e. The Labute approximate surface area is 113 Å². The predicted molar refractivity (Wildman–Crippen MR) is 77.3 cm³/mol. The fraction of sp³-hybridized carbons (Fsp3) is 0.438. The van der Waals surface area contributed by atoms with Crippen molar-refractivity contribution < 1.29 is 0 Å². The molecule has 100 valence electrons. The summed E-state index contributed by atoms with van der Waals surface area (Å²) in [5.74, 6) is 0. The zero-order valence-corrected chi connectivity index (χ0v) is 11.4. The molecule has 1 heterocycles. The lowest BCUT2D eigenvalue weighted by Gasteiger charge is -2.22. The van der Waals surface area contributed by atoms with Gasteiger partial charge in [-0.15, -0.1) is 0 Å². The Morgan fingerprint density at radius 1 is 1.11 bits per heavy atom. The van der Waals surface area contributed by atoms with Crippen molar-refractivity contribution >= 4 is 0 Å². The van der Waals surface area contributed by atoms with Crippen molar-refractivity contribution in [2.75, 3.05) is 0 Å². The Kier molecular flexibility index (Phi) is 3.28. The number of rotatable bonds is 2. The molecule has 1 aromatic heterocycles. The third-order valence-electron chi connectivity index (χ3n) is 4.15. The minimum absolute atomic E-state index is 0.144. The molecule has 0 aliphatic heterocycles. The van der Waals surface area contributed by atoms with E-state index in [0.29, 0.717) is 6.04 Å². The van der Waals surface area contributed by atoms with Crippen LogP contribution in [0.4, 0.5) is 0 Å². The molecule has 1 aliphatic carbocycles. The molecule has 3 rings (SSSR count). The maximum Gasteiger partial charge on any atom is 0.270 e. The van der Waals surface area contributed by atoms with E-state index in [2.05, 4.69) is 5.10 Å². The minimum atomic E-state index is 0.144. The summed E-state index contributed by atoms with van der Waals surface area (Å²) in [7, 11) is 0. The van der Waals surface area contributed by atoms with E-state index in [4.69, 9.17) is 0 Å². The monoisotopic (exact) mass is 256 g/mol. The van der Waals surface area contributed by atoms with Crippen LogP contribution in [0.3, 0.4) is 0 Å². The number of aromatic nitrogens is 2. The molecule has 3 nitrogen and oxygen atoms in total. The van der Waals surface area contributed by atoms with E-state index < -0.39 is 0 Å². The van der Waals surface area contributed by atoms with Crippen LogP contribution in [0.1, 0.15) is 43.7 Å². The lowest BCUT2D eigenvalue weighted by atomic mass is 9.96. The number of nitrogens with one attached hydrogen (secondary N) is 1. The minimum Gasteiger partial charge on any atom is -0.294 e. The van der Waals surface area contributed by atoms with Crippen LogP contribution in [-0.2, 0) is 0 Å². The molecular formula is C16H20N2O. The third-order valence-corrected chi connectivity index (χ3v) is 4.15. The Morgan fingerprint density at radius 2 is 1.79 bits per heavy atom. The summed E-state index contributed by atoms with van der Waals surface area (Å²) in [5, 5.41) is 3.34. The Morgan fingerprint density at radius 3 is 2.47 bits per heavy atom. The summed E-state index contributed by atoms with van der Waals surface area (Å²) in [6.07, 6.45) is 6.00. The molecule has 0 amide bonds. The van der Waals surface area contributed by atoms with E-state index in [1.54, 1.807) is 0 Å². The van der Waals surface area contributed by atoms with Gasteiger partial charge in [-0.05, 0) is 25.3 Å². The van der Waals surface area contributed by atoms with Crippen LogP contribution in [0.5, 0.6) is 0 Å². The van der Waals surface area contributed by atoms with Gasteiger partial charge in [0.05, 0.1) is 11.7 Å². The van der Waals surface area contributed by atoms with Gasteiger partial charge in [0.2, 0.25) is 0 Å². The molecule has 0 unspecified atom stereocenters. The molecule has 0 spiro atoms. The standard InChI is InChI=1S/C16H20N2O/c1-12-15(13-8-4-2-5-9-13)17-18(16(12)19)14-10-6-3-7-11-14/h2,4-5,8-9,14,17H,3,6-7,10-11H2,1H3. The van der Waals surface area contributed by atoms with Crippen LogP contribution in [0, 0.1) is 6.92 Å². The van der Waals surface area contributed by atoms with Crippen LogP contribution in [-0.4, -0.2) is 9.78 Å². The Hall–Kier alpha value is -1.77. The van der Waals surface area contributed by atoms with E-state index >= 15 is 0 Å². The molecule has 3 heteroatoms. The highest BCUT2D eigenvalue weighted by atomic mass is 16.1. The Balaban J connectivity index is 2.02. The molecule has 19 heavy (non-hydrogen) atoms. The van der Waals surface area contributed by atoms with Crippen molar-refractivity contribution in [1.29, 1.82) is 0 Å². The van der Waals surface area contributed by atoms with E-state index in [0.717, 1.165) is 29.7 Å². The SMILES string of the molecule is Cc1c(-c2ccccc2)[nH]n(C2CCCCC2)c1=O. The molecule has 0 radical (unpaired) electrons. The van der Waals surface area contributed by atoms with Crippen LogP contribution in [0.25, 0.3) is 11.3 Å². The van der Waals surface area contributed by atoms with Crippen molar-refractivity contribution in [1.82, 2.24) is 9.78 Å². The highest BCUT2D eigenvalue weighted by Crippen LogP contribution is 2.28. The molecule has 0 bridgehead atoms. The van der Waals surface area contributed by atoms with Crippen molar-refractivity contribution in [3.63, 3.8) is 0 Å². The van der Waals surface area contributed by atoms with E-state index in [9.17, 15) is 4.79 Å². The second-order valence-electron chi connectivity index (χ2n) is 5.44. The second-order valence-corrected chi connectivity index (χ2v) is 5.44. The van der Waals surface area contributed by atoms with Gasteiger partial charge in [-0.1, -0.05) is 49.6 Å².